The number of thioether (sulfide) groups is 1. The van der Waals surface area contributed by atoms with Crippen molar-refractivity contribution >= 4 is 11.8 Å². The van der Waals surface area contributed by atoms with E-state index in [4.69, 9.17) is 0 Å². The third kappa shape index (κ3) is 3.97. The van der Waals surface area contributed by atoms with Gasteiger partial charge in [0, 0.05) is 31.2 Å². The molecule has 2 nitrogen and oxygen atoms in total. The minimum atomic E-state index is 0.699. The van der Waals surface area contributed by atoms with E-state index in [0.29, 0.717) is 12.1 Å². The summed E-state index contributed by atoms with van der Waals surface area (Å²) < 4.78 is 0. The van der Waals surface area contributed by atoms with E-state index in [-0.39, 0.29) is 0 Å². The summed E-state index contributed by atoms with van der Waals surface area (Å²) in [5.74, 6) is 1.29. The van der Waals surface area contributed by atoms with Gasteiger partial charge in [0.05, 0.1) is 0 Å². The predicted octanol–water partition coefficient (Wildman–Crippen LogP) is 2.20. The van der Waals surface area contributed by atoms with Crippen LogP contribution in [-0.4, -0.2) is 48.1 Å². The fraction of sp³-hybridized carbons (Fsp3) is 1.00. The number of hydrogen-bond acceptors (Lipinski definition) is 3. The number of rotatable bonds is 5. The first-order valence-electron chi connectivity index (χ1n) is 6.17. The monoisotopic (exact) mass is 230 g/mol. The number of nitrogens with one attached hydrogen (secondary N) is 1. The molecule has 3 heteroatoms. The van der Waals surface area contributed by atoms with Crippen LogP contribution in [0.2, 0.25) is 0 Å². The average molecular weight is 230 g/mol. The fourth-order valence-corrected chi connectivity index (χ4v) is 2.87. The first kappa shape index (κ1) is 13.3. The van der Waals surface area contributed by atoms with Crippen LogP contribution in [0.25, 0.3) is 0 Å². The van der Waals surface area contributed by atoms with E-state index >= 15 is 0 Å². The lowest BCUT2D eigenvalue weighted by Crippen LogP contribution is -2.57. The SMILES string of the molecule is CCC1CN(C(C)CCSC)C(C)CN1. The highest BCUT2D eigenvalue weighted by atomic mass is 32.2. The molecule has 0 bridgehead atoms. The second kappa shape index (κ2) is 6.77. The summed E-state index contributed by atoms with van der Waals surface area (Å²) in [5.41, 5.74) is 0. The molecular weight excluding hydrogens is 204 g/mol. The summed E-state index contributed by atoms with van der Waals surface area (Å²) in [7, 11) is 0. The highest BCUT2D eigenvalue weighted by Gasteiger charge is 2.26. The van der Waals surface area contributed by atoms with Crippen molar-refractivity contribution in [3.63, 3.8) is 0 Å². The van der Waals surface area contributed by atoms with Gasteiger partial charge >= 0.3 is 0 Å². The molecule has 15 heavy (non-hydrogen) atoms. The third-order valence-electron chi connectivity index (χ3n) is 3.50. The van der Waals surface area contributed by atoms with Crippen LogP contribution in [0.3, 0.4) is 0 Å². The smallest absolute Gasteiger partial charge is 0.0195 e. The van der Waals surface area contributed by atoms with E-state index < -0.39 is 0 Å². The Morgan fingerprint density at radius 2 is 2.27 bits per heavy atom. The molecule has 0 aromatic heterocycles. The lowest BCUT2D eigenvalue weighted by atomic mass is 10.0. The Morgan fingerprint density at radius 1 is 1.53 bits per heavy atom. The molecule has 0 amide bonds. The van der Waals surface area contributed by atoms with Crippen molar-refractivity contribution < 1.29 is 0 Å². The first-order chi connectivity index (χ1) is 7.19. The molecule has 0 aliphatic carbocycles. The molecule has 1 aliphatic rings. The maximum atomic E-state index is 3.61. The molecule has 1 fully saturated rings. The van der Waals surface area contributed by atoms with Gasteiger partial charge in [-0.2, -0.15) is 11.8 Å². The second-order valence-corrected chi connectivity index (χ2v) is 5.68. The highest BCUT2D eigenvalue weighted by Crippen LogP contribution is 2.16. The molecule has 1 heterocycles. The maximum absolute atomic E-state index is 3.61. The molecule has 0 spiro atoms. The van der Waals surface area contributed by atoms with E-state index in [1.807, 2.05) is 11.8 Å². The zero-order valence-electron chi connectivity index (χ0n) is 10.6. The molecule has 90 valence electrons. The van der Waals surface area contributed by atoms with Crippen LogP contribution in [0.4, 0.5) is 0 Å². The molecule has 1 aliphatic heterocycles. The number of nitrogens with zero attached hydrogens (tertiary/aromatic N) is 1. The van der Waals surface area contributed by atoms with Crippen molar-refractivity contribution in [3.8, 4) is 0 Å². The summed E-state index contributed by atoms with van der Waals surface area (Å²) in [6.45, 7) is 9.38. The van der Waals surface area contributed by atoms with Gasteiger partial charge < -0.3 is 5.32 Å². The average Bonchev–Trinajstić information content (AvgIpc) is 2.26. The molecule has 0 saturated carbocycles. The fourth-order valence-electron chi connectivity index (χ4n) is 2.30. The van der Waals surface area contributed by atoms with Gasteiger partial charge in [0.15, 0.2) is 0 Å². The van der Waals surface area contributed by atoms with E-state index in [2.05, 4.69) is 37.2 Å². The van der Waals surface area contributed by atoms with Crippen LogP contribution >= 0.6 is 11.8 Å². The van der Waals surface area contributed by atoms with Gasteiger partial charge in [0.1, 0.15) is 0 Å². The lowest BCUT2D eigenvalue weighted by Gasteiger charge is -2.42. The van der Waals surface area contributed by atoms with Gasteiger partial charge in [0.2, 0.25) is 0 Å². The molecule has 1 saturated heterocycles. The third-order valence-corrected chi connectivity index (χ3v) is 4.14. The Morgan fingerprint density at radius 3 is 2.87 bits per heavy atom. The topological polar surface area (TPSA) is 15.3 Å². The molecular formula is C12H26N2S. The molecule has 1 rings (SSSR count). The Kier molecular flexibility index (Phi) is 6.02. The zero-order chi connectivity index (χ0) is 11.3. The highest BCUT2D eigenvalue weighted by molar-refractivity contribution is 7.98. The molecule has 1 N–H and O–H groups in total. The van der Waals surface area contributed by atoms with Crippen molar-refractivity contribution in [3.05, 3.63) is 0 Å². The van der Waals surface area contributed by atoms with Gasteiger partial charge in [-0.3, -0.25) is 4.90 Å². The second-order valence-electron chi connectivity index (χ2n) is 4.69. The Balaban J connectivity index is 2.42. The van der Waals surface area contributed by atoms with E-state index in [9.17, 15) is 0 Å². The van der Waals surface area contributed by atoms with Gasteiger partial charge in [-0.05, 0) is 38.7 Å². The van der Waals surface area contributed by atoms with Crippen LogP contribution in [0.5, 0.6) is 0 Å². The number of hydrogen-bond donors (Lipinski definition) is 1. The van der Waals surface area contributed by atoms with Crippen LogP contribution in [0.15, 0.2) is 0 Å². The Labute approximate surface area is 99.2 Å². The van der Waals surface area contributed by atoms with Crippen molar-refractivity contribution in [2.24, 2.45) is 0 Å². The quantitative estimate of drug-likeness (QED) is 0.779. The summed E-state index contributed by atoms with van der Waals surface area (Å²) in [6, 6.07) is 2.14. The lowest BCUT2D eigenvalue weighted by molar-refractivity contribution is 0.0961. The summed E-state index contributed by atoms with van der Waals surface area (Å²) in [5, 5.41) is 3.61. The van der Waals surface area contributed by atoms with E-state index in [1.54, 1.807) is 0 Å². The van der Waals surface area contributed by atoms with Crippen LogP contribution in [-0.2, 0) is 0 Å². The molecule has 3 unspecified atom stereocenters. The molecule has 0 aromatic rings. The van der Waals surface area contributed by atoms with Gasteiger partial charge in [-0.25, -0.2) is 0 Å². The van der Waals surface area contributed by atoms with Crippen LogP contribution < -0.4 is 5.32 Å². The van der Waals surface area contributed by atoms with Crippen molar-refractivity contribution in [1.82, 2.24) is 10.2 Å². The minimum Gasteiger partial charge on any atom is -0.311 e. The van der Waals surface area contributed by atoms with Gasteiger partial charge in [-0.1, -0.05) is 6.92 Å². The van der Waals surface area contributed by atoms with Crippen molar-refractivity contribution in [2.75, 3.05) is 25.1 Å². The van der Waals surface area contributed by atoms with Gasteiger partial charge in [-0.15, -0.1) is 0 Å². The Hall–Kier alpha value is 0.270. The largest absolute Gasteiger partial charge is 0.311 e. The summed E-state index contributed by atoms with van der Waals surface area (Å²) in [4.78, 5) is 2.68. The molecule has 0 radical (unpaired) electrons. The van der Waals surface area contributed by atoms with Crippen LogP contribution in [0.1, 0.15) is 33.6 Å². The summed E-state index contributed by atoms with van der Waals surface area (Å²) >= 11 is 1.96. The van der Waals surface area contributed by atoms with Gasteiger partial charge in [0.25, 0.3) is 0 Å². The van der Waals surface area contributed by atoms with E-state index in [0.717, 1.165) is 12.6 Å². The van der Waals surface area contributed by atoms with E-state index in [1.165, 1.54) is 25.1 Å². The summed E-state index contributed by atoms with van der Waals surface area (Å²) in [6.07, 6.45) is 4.77. The predicted molar refractivity (Wildman–Crippen MR) is 70.7 cm³/mol. The first-order valence-corrected chi connectivity index (χ1v) is 7.56. The van der Waals surface area contributed by atoms with Crippen molar-refractivity contribution in [1.29, 1.82) is 0 Å². The minimum absolute atomic E-state index is 0.699. The molecule has 0 aromatic carbocycles. The Bertz CT molecular complexity index is 175. The maximum Gasteiger partial charge on any atom is 0.0195 e. The normalized spacial score (nSPS) is 30.4. The molecule has 3 atom stereocenters. The zero-order valence-corrected chi connectivity index (χ0v) is 11.4. The van der Waals surface area contributed by atoms with Crippen LogP contribution in [0, 0.1) is 0 Å². The standard InChI is InChI=1S/C12H26N2S/c1-5-12-9-14(11(3)8-13-12)10(2)6-7-15-4/h10-13H,5-9H2,1-4H3. The van der Waals surface area contributed by atoms with Crippen molar-refractivity contribution in [2.45, 2.75) is 51.7 Å². The number of piperazine rings is 1.